The maximum absolute atomic E-state index is 12.7. The van der Waals surface area contributed by atoms with Gasteiger partial charge < -0.3 is 25.0 Å². The fourth-order valence-electron chi connectivity index (χ4n) is 3.66. The van der Waals surface area contributed by atoms with Crippen LogP contribution < -0.4 is 10.1 Å². The Balaban J connectivity index is 1.63. The summed E-state index contributed by atoms with van der Waals surface area (Å²) in [6, 6.07) is 4.47. The second kappa shape index (κ2) is 8.28. The molecule has 1 aromatic carbocycles. The molecule has 2 aliphatic heterocycles. The lowest BCUT2D eigenvalue weighted by Gasteiger charge is -2.34. The number of aromatic carboxylic acids is 1. The molecule has 2 N–H and O–H groups in total. The highest BCUT2D eigenvalue weighted by molar-refractivity contribution is 5.95. The fraction of sp³-hybridized carbons (Fsp3) is 0.526. The molecule has 2 fully saturated rings. The highest BCUT2D eigenvalue weighted by atomic mass is 16.5. The van der Waals surface area contributed by atoms with Gasteiger partial charge in [0.15, 0.2) is 0 Å². The van der Waals surface area contributed by atoms with Crippen LogP contribution in [0.3, 0.4) is 0 Å². The number of anilines is 1. The van der Waals surface area contributed by atoms with E-state index in [2.05, 4.69) is 5.32 Å². The molecule has 1 unspecified atom stereocenters. The van der Waals surface area contributed by atoms with Gasteiger partial charge in [0, 0.05) is 37.9 Å². The van der Waals surface area contributed by atoms with Gasteiger partial charge in [-0.05, 0) is 37.8 Å². The Hall–Kier alpha value is -2.77. The summed E-state index contributed by atoms with van der Waals surface area (Å²) in [7, 11) is 1.39. The molecule has 3 rings (SSSR count). The summed E-state index contributed by atoms with van der Waals surface area (Å²) in [4.78, 5) is 40.0. The number of nitrogens with one attached hydrogen (secondary N) is 1. The first-order valence-electron chi connectivity index (χ1n) is 9.25. The molecular formula is C19H25N3O5. The number of benzene rings is 1. The number of piperidine rings is 1. The summed E-state index contributed by atoms with van der Waals surface area (Å²) in [5, 5.41) is 12.0. The van der Waals surface area contributed by atoms with Crippen LogP contribution >= 0.6 is 0 Å². The number of carbonyl (C=O) groups excluding carboxylic acids is 2. The number of rotatable bonds is 4. The van der Waals surface area contributed by atoms with E-state index in [1.807, 2.05) is 4.90 Å². The van der Waals surface area contributed by atoms with Crippen molar-refractivity contribution < 1.29 is 24.2 Å². The summed E-state index contributed by atoms with van der Waals surface area (Å²) >= 11 is 0. The monoisotopic (exact) mass is 375 g/mol. The molecule has 0 bridgehead atoms. The molecule has 2 aliphatic rings. The molecule has 3 amide bonds. The summed E-state index contributed by atoms with van der Waals surface area (Å²) in [6.45, 7) is 2.68. The van der Waals surface area contributed by atoms with Crippen LogP contribution in [0.25, 0.3) is 0 Å². The number of hydrogen-bond donors (Lipinski definition) is 2. The van der Waals surface area contributed by atoms with E-state index in [9.17, 15) is 14.4 Å². The third-order valence-electron chi connectivity index (χ3n) is 5.14. The van der Waals surface area contributed by atoms with E-state index in [1.54, 1.807) is 11.0 Å². The van der Waals surface area contributed by atoms with Crippen molar-refractivity contribution in [1.29, 1.82) is 0 Å². The summed E-state index contributed by atoms with van der Waals surface area (Å²) in [6.07, 6.45) is 3.59. The summed E-state index contributed by atoms with van der Waals surface area (Å²) < 4.78 is 5.09. The SMILES string of the molecule is COc1cc(NC(=O)C2CCCN(C(=O)N3CCCC3)C2)ccc1C(=O)O. The Morgan fingerprint density at radius 2 is 1.81 bits per heavy atom. The lowest BCUT2D eigenvalue weighted by atomic mass is 9.97. The highest BCUT2D eigenvalue weighted by Gasteiger charge is 2.31. The number of carbonyl (C=O) groups is 3. The third-order valence-corrected chi connectivity index (χ3v) is 5.14. The lowest BCUT2D eigenvalue weighted by Crippen LogP contribution is -2.48. The molecule has 2 heterocycles. The average molecular weight is 375 g/mol. The second-order valence-electron chi connectivity index (χ2n) is 6.97. The van der Waals surface area contributed by atoms with E-state index in [4.69, 9.17) is 9.84 Å². The maximum Gasteiger partial charge on any atom is 0.339 e. The Kier molecular flexibility index (Phi) is 5.83. The Morgan fingerprint density at radius 3 is 2.48 bits per heavy atom. The van der Waals surface area contributed by atoms with Gasteiger partial charge in [0.25, 0.3) is 0 Å². The minimum absolute atomic E-state index is 0.0254. The zero-order chi connectivity index (χ0) is 19.4. The van der Waals surface area contributed by atoms with Crippen molar-refractivity contribution in [3.8, 4) is 5.75 Å². The average Bonchev–Trinajstić information content (AvgIpc) is 3.22. The van der Waals surface area contributed by atoms with E-state index >= 15 is 0 Å². The minimum Gasteiger partial charge on any atom is -0.496 e. The topological polar surface area (TPSA) is 99.2 Å². The molecule has 1 atom stereocenters. The number of carboxylic acids is 1. The Labute approximate surface area is 158 Å². The van der Waals surface area contributed by atoms with Gasteiger partial charge in [-0.3, -0.25) is 4.79 Å². The van der Waals surface area contributed by atoms with E-state index in [-0.39, 0.29) is 29.2 Å². The Bertz CT molecular complexity index is 730. The third kappa shape index (κ3) is 4.32. The van der Waals surface area contributed by atoms with Crippen LogP contribution in [-0.4, -0.2) is 66.1 Å². The largest absolute Gasteiger partial charge is 0.496 e. The zero-order valence-electron chi connectivity index (χ0n) is 15.4. The quantitative estimate of drug-likeness (QED) is 0.841. The van der Waals surface area contributed by atoms with Crippen molar-refractivity contribution in [2.75, 3.05) is 38.6 Å². The first-order chi connectivity index (χ1) is 13.0. The van der Waals surface area contributed by atoms with Crippen LogP contribution in [0.2, 0.25) is 0 Å². The van der Waals surface area contributed by atoms with E-state index < -0.39 is 5.97 Å². The van der Waals surface area contributed by atoms with Gasteiger partial charge >= 0.3 is 12.0 Å². The predicted molar refractivity (Wildman–Crippen MR) is 99.1 cm³/mol. The van der Waals surface area contributed by atoms with Gasteiger partial charge in [0.05, 0.1) is 13.0 Å². The second-order valence-corrected chi connectivity index (χ2v) is 6.97. The maximum atomic E-state index is 12.7. The highest BCUT2D eigenvalue weighted by Crippen LogP contribution is 2.25. The first kappa shape index (κ1) is 19.0. The normalized spacial score (nSPS) is 19.7. The lowest BCUT2D eigenvalue weighted by molar-refractivity contribution is -0.121. The van der Waals surface area contributed by atoms with Crippen molar-refractivity contribution in [1.82, 2.24) is 9.80 Å². The van der Waals surface area contributed by atoms with Crippen LogP contribution in [0, 0.1) is 5.92 Å². The van der Waals surface area contributed by atoms with Crippen molar-refractivity contribution >= 4 is 23.6 Å². The van der Waals surface area contributed by atoms with E-state index in [1.165, 1.54) is 19.2 Å². The molecule has 8 heteroatoms. The Morgan fingerprint density at radius 1 is 1.11 bits per heavy atom. The molecule has 0 aromatic heterocycles. The molecular weight excluding hydrogens is 350 g/mol. The van der Waals surface area contributed by atoms with E-state index in [0.29, 0.717) is 18.8 Å². The molecule has 0 spiro atoms. The molecule has 0 radical (unpaired) electrons. The number of ether oxygens (including phenoxy) is 1. The van der Waals surface area contributed by atoms with Gasteiger partial charge in [-0.25, -0.2) is 9.59 Å². The number of nitrogens with zero attached hydrogens (tertiary/aromatic N) is 2. The molecule has 27 heavy (non-hydrogen) atoms. The van der Waals surface area contributed by atoms with E-state index in [0.717, 1.165) is 38.8 Å². The van der Waals surface area contributed by atoms with Gasteiger partial charge in [0.1, 0.15) is 11.3 Å². The zero-order valence-corrected chi connectivity index (χ0v) is 15.4. The number of methoxy groups -OCH3 is 1. The molecule has 0 aliphatic carbocycles. The smallest absolute Gasteiger partial charge is 0.339 e. The van der Waals surface area contributed by atoms with Crippen LogP contribution in [0.4, 0.5) is 10.5 Å². The fourth-order valence-corrected chi connectivity index (χ4v) is 3.66. The van der Waals surface area contributed by atoms with Crippen LogP contribution in [-0.2, 0) is 4.79 Å². The van der Waals surface area contributed by atoms with Crippen molar-refractivity contribution in [3.05, 3.63) is 23.8 Å². The molecule has 1 aromatic rings. The van der Waals surface area contributed by atoms with Crippen molar-refractivity contribution in [3.63, 3.8) is 0 Å². The molecule has 8 nitrogen and oxygen atoms in total. The molecule has 146 valence electrons. The number of urea groups is 1. The van der Waals surface area contributed by atoms with Gasteiger partial charge in [0.2, 0.25) is 5.91 Å². The minimum atomic E-state index is -1.09. The van der Waals surface area contributed by atoms with Gasteiger partial charge in [-0.2, -0.15) is 0 Å². The number of carboxylic acid groups (broad SMARTS) is 1. The number of hydrogen-bond acceptors (Lipinski definition) is 4. The van der Waals surface area contributed by atoms with Crippen LogP contribution in [0.15, 0.2) is 18.2 Å². The number of amides is 3. The first-order valence-corrected chi connectivity index (χ1v) is 9.25. The number of likely N-dealkylation sites (tertiary alicyclic amines) is 2. The molecule has 2 saturated heterocycles. The van der Waals surface area contributed by atoms with Crippen molar-refractivity contribution in [2.24, 2.45) is 5.92 Å². The predicted octanol–water partition coefficient (Wildman–Crippen LogP) is 2.26. The van der Waals surface area contributed by atoms with Gasteiger partial charge in [-0.1, -0.05) is 0 Å². The van der Waals surface area contributed by atoms with Crippen LogP contribution in [0.5, 0.6) is 5.75 Å². The van der Waals surface area contributed by atoms with Crippen molar-refractivity contribution in [2.45, 2.75) is 25.7 Å². The molecule has 0 saturated carbocycles. The summed E-state index contributed by atoms with van der Waals surface area (Å²) in [5.74, 6) is -1.35. The van der Waals surface area contributed by atoms with Gasteiger partial charge in [-0.15, -0.1) is 0 Å². The van der Waals surface area contributed by atoms with Crippen LogP contribution in [0.1, 0.15) is 36.0 Å². The summed E-state index contributed by atoms with van der Waals surface area (Å²) in [5.41, 5.74) is 0.514. The standard InChI is InChI=1S/C19H25N3O5/c1-27-16-11-14(6-7-15(16)18(24)25)20-17(23)13-5-4-10-22(12-13)19(26)21-8-2-3-9-21/h6-7,11,13H,2-5,8-10,12H2,1H3,(H,20,23)(H,24,25).